The molecule has 1 aromatic heterocycles. The topological polar surface area (TPSA) is 19.4 Å². The molecule has 0 aromatic carbocycles. The SMILES string of the molecule is CC1CN(c2nc(Cl)c(Cl)cc2Cl)CC1N(C)C. The first-order chi connectivity index (χ1) is 8.40. The second kappa shape index (κ2) is 5.41. The van der Waals surface area contributed by atoms with Crippen LogP contribution in [0.3, 0.4) is 0 Å². The minimum atomic E-state index is 0.303. The van der Waals surface area contributed by atoms with Crippen LogP contribution in [0.1, 0.15) is 6.92 Å². The lowest BCUT2D eigenvalue weighted by Gasteiger charge is -2.23. The van der Waals surface area contributed by atoms with Gasteiger partial charge in [0.2, 0.25) is 0 Å². The van der Waals surface area contributed by atoms with E-state index >= 15 is 0 Å². The second-order valence-electron chi connectivity index (χ2n) is 4.98. The fraction of sp³-hybridized carbons (Fsp3) is 0.583. The highest BCUT2D eigenvalue weighted by molar-refractivity contribution is 6.42. The lowest BCUT2D eigenvalue weighted by molar-refractivity contribution is 0.266. The fourth-order valence-electron chi connectivity index (χ4n) is 2.45. The zero-order valence-electron chi connectivity index (χ0n) is 10.6. The molecule has 1 aliphatic rings. The van der Waals surface area contributed by atoms with Gasteiger partial charge in [0.05, 0.1) is 10.0 Å². The van der Waals surface area contributed by atoms with Crippen molar-refractivity contribution in [3.8, 4) is 0 Å². The summed E-state index contributed by atoms with van der Waals surface area (Å²) in [6, 6.07) is 2.15. The third-order valence-electron chi connectivity index (χ3n) is 3.40. The maximum Gasteiger partial charge on any atom is 0.150 e. The number of rotatable bonds is 2. The van der Waals surface area contributed by atoms with Gasteiger partial charge in [-0.15, -0.1) is 0 Å². The lowest BCUT2D eigenvalue weighted by Crippen LogP contribution is -2.34. The van der Waals surface area contributed by atoms with E-state index in [9.17, 15) is 0 Å². The van der Waals surface area contributed by atoms with Gasteiger partial charge in [-0.25, -0.2) is 4.98 Å². The van der Waals surface area contributed by atoms with E-state index in [0.717, 1.165) is 18.9 Å². The molecule has 2 unspecified atom stereocenters. The first-order valence-corrected chi connectivity index (χ1v) is 6.96. The van der Waals surface area contributed by atoms with Crippen LogP contribution in [-0.4, -0.2) is 43.1 Å². The molecule has 1 fully saturated rings. The zero-order valence-corrected chi connectivity index (χ0v) is 12.9. The summed E-state index contributed by atoms with van der Waals surface area (Å²) in [5.41, 5.74) is 0. The van der Waals surface area contributed by atoms with Gasteiger partial charge in [0, 0.05) is 19.1 Å². The van der Waals surface area contributed by atoms with Crippen LogP contribution in [0.2, 0.25) is 15.2 Å². The van der Waals surface area contributed by atoms with Gasteiger partial charge in [0.15, 0.2) is 0 Å². The van der Waals surface area contributed by atoms with E-state index in [0.29, 0.717) is 27.2 Å². The third kappa shape index (κ3) is 2.69. The number of likely N-dealkylation sites (N-methyl/N-ethyl adjacent to an activating group) is 1. The van der Waals surface area contributed by atoms with E-state index in [2.05, 4.69) is 35.8 Å². The standard InChI is InChI=1S/C12H16Cl3N3/c1-7-5-18(6-10(7)17(2)3)12-9(14)4-8(13)11(15)16-12/h4,7,10H,5-6H2,1-3H3. The highest BCUT2D eigenvalue weighted by Gasteiger charge is 2.32. The van der Waals surface area contributed by atoms with Crippen molar-refractivity contribution in [2.24, 2.45) is 5.92 Å². The fourth-order valence-corrected chi connectivity index (χ4v) is 3.06. The Labute approximate surface area is 123 Å². The number of nitrogens with zero attached hydrogens (tertiary/aromatic N) is 3. The Bertz CT molecular complexity index is 450. The summed E-state index contributed by atoms with van der Waals surface area (Å²) in [6.45, 7) is 4.06. The van der Waals surface area contributed by atoms with Gasteiger partial charge in [-0.1, -0.05) is 41.7 Å². The van der Waals surface area contributed by atoms with Gasteiger partial charge in [0.1, 0.15) is 11.0 Å². The Morgan fingerprint density at radius 2 is 1.89 bits per heavy atom. The van der Waals surface area contributed by atoms with Crippen molar-refractivity contribution in [3.63, 3.8) is 0 Å². The normalized spacial score (nSPS) is 24.1. The predicted molar refractivity (Wildman–Crippen MR) is 78.1 cm³/mol. The van der Waals surface area contributed by atoms with Crippen molar-refractivity contribution in [1.29, 1.82) is 0 Å². The van der Waals surface area contributed by atoms with Gasteiger partial charge in [0.25, 0.3) is 0 Å². The number of anilines is 1. The van der Waals surface area contributed by atoms with Gasteiger partial charge in [-0.2, -0.15) is 0 Å². The van der Waals surface area contributed by atoms with Crippen LogP contribution in [0.15, 0.2) is 6.07 Å². The number of pyridine rings is 1. The molecule has 2 heterocycles. The Morgan fingerprint density at radius 3 is 2.44 bits per heavy atom. The maximum absolute atomic E-state index is 6.20. The zero-order chi connectivity index (χ0) is 13.4. The highest BCUT2D eigenvalue weighted by Crippen LogP contribution is 2.34. The Morgan fingerprint density at radius 1 is 1.22 bits per heavy atom. The van der Waals surface area contributed by atoms with E-state index in [1.54, 1.807) is 6.07 Å². The van der Waals surface area contributed by atoms with Crippen molar-refractivity contribution < 1.29 is 0 Å². The average Bonchev–Trinajstić information content (AvgIpc) is 2.65. The smallest absolute Gasteiger partial charge is 0.150 e. The summed E-state index contributed by atoms with van der Waals surface area (Å²) < 4.78 is 0. The van der Waals surface area contributed by atoms with Gasteiger partial charge in [-0.3, -0.25) is 0 Å². The molecule has 0 bridgehead atoms. The van der Waals surface area contributed by atoms with Crippen LogP contribution >= 0.6 is 34.8 Å². The minimum absolute atomic E-state index is 0.303. The molecule has 100 valence electrons. The van der Waals surface area contributed by atoms with Crippen LogP contribution in [0.4, 0.5) is 5.82 Å². The van der Waals surface area contributed by atoms with Crippen LogP contribution in [0.5, 0.6) is 0 Å². The second-order valence-corrected chi connectivity index (χ2v) is 6.15. The molecule has 1 aromatic rings. The molecule has 2 atom stereocenters. The summed E-state index contributed by atoms with van der Waals surface area (Å²) >= 11 is 18.1. The van der Waals surface area contributed by atoms with E-state index < -0.39 is 0 Å². The predicted octanol–water partition coefficient (Wildman–Crippen LogP) is 3.43. The van der Waals surface area contributed by atoms with E-state index in [1.165, 1.54) is 0 Å². The molecule has 18 heavy (non-hydrogen) atoms. The molecule has 1 saturated heterocycles. The molecule has 0 saturated carbocycles. The van der Waals surface area contributed by atoms with Crippen molar-refractivity contribution >= 4 is 40.6 Å². The van der Waals surface area contributed by atoms with Gasteiger partial charge < -0.3 is 9.80 Å². The van der Waals surface area contributed by atoms with Crippen LogP contribution in [0.25, 0.3) is 0 Å². The number of hydrogen-bond acceptors (Lipinski definition) is 3. The molecular weight excluding hydrogens is 293 g/mol. The Hall–Kier alpha value is -0.220. The van der Waals surface area contributed by atoms with Crippen LogP contribution < -0.4 is 4.90 Å². The largest absolute Gasteiger partial charge is 0.353 e. The molecular formula is C12H16Cl3N3. The minimum Gasteiger partial charge on any atom is -0.353 e. The van der Waals surface area contributed by atoms with E-state index in [1.807, 2.05) is 0 Å². The monoisotopic (exact) mass is 307 g/mol. The number of halogens is 3. The first-order valence-electron chi connectivity index (χ1n) is 5.83. The highest BCUT2D eigenvalue weighted by atomic mass is 35.5. The first kappa shape index (κ1) is 14.2. The van der Waals surface area contributed by atoms with E-state index in [-0.39, 0.29) is 0 Å². The summed E-state index contributed by atoms with van der Waals surface area (Å²) in [5, 5.41) is 1.25. The summed E-state index contributed by atoms with van der Waals surface area (Å²) in [7, 11) is 4.18. The quantitative estimate of drug-likeness (QED) is 0.780. The molecule has 3 nitrogen and oxygen atoms in total. The molecule has 0 amide bonds. The molecule has 1 aliphatic heterocycles. The summed E-state index contributed by atoms with van der Waals surface area (Å²) in [5.74, 6) is 1.29. The Balaban J connectivity index is 2.26. The molecule has 0 spiro atoms. The Kier molecular flexibility index (Phi) is 4.27. The molecule has 0 radical (unpaired) electrons. The molecule has 0 aliphatic carbocycles. The summed E-state index contributed by atoms with van der Waals surface area (Å²) in [4.78, 5) is 8.69. The van der Waals surface area contributed by atoms with Crippen molar-refractivity contribution in [1.82, 2.24) is 9.88 Å². The summed E-state index contributed by atoms with van der Waals surface area (Å²) in [6.07, 6.45) is 0. The van der Waals surface area contributed by atoms with Crippen molar-refractivity contribution in [3.05, 3.63) is 21.3 Å². The molecule has 0 N–H and O–H groups in total. The molecule has 6 heteroatoms. The van der Waals surface area contributed by atoms with Gasteiger partial charge >= 0.3 is 0 Å². The lowest BCUT2D eigenvalue weighted by atomic mass is 10.1. The van der Waals surface area contributed by atoms with Crippen molar-refractivity contribution in [2.45, 2.75) is 13.0 Å². The third-order valence-corrected chi connectivity index (χ3v) is 4.35. The van der Waals surface area contributed by atoms with Crippen LogP contribution in [-0.2, 0) is 0 Å². The van der Waals surface area contributed by atoms with Gasteiger partial charge in [-0.05, 0) is 26.1 Å². The van der Waals surface area contributed by atoms with Crippen LogP contribution in [0, 0.1) is 5.92 Å². The molecule has 2 rings (SSSR count). The van der Waals surface area contributed by atoms with E-state index in [4.69, 9.17) is 34.8 Å². The average molecular weight is 309 g/mol. The van der Waals surface area contributed by atoms with Crippen molar-refractivity contribution in [2.75, 3.05) is 32.1 Å². The maximum atomic E-state index is 6.20. The number of hydrogen-bond donors (Lipinski definition) is 0. The number of aromatic nitrogens is 1.